The second kappa shape index (κ2) is 21.8. The number of rotatable bonds is 14. The maximum absolute atomic E-state index is 13.1. The highest BCUT2D eigenvalue weighted by atomic mass is 32.2. The van der Waals surface area contributed by atoms with Crippen LogP contribution in [-0.2, 0) is 58.8 Å². The zero-order chi connectivity index (χ0) is 52.6. The van der Waals surface area contributed by atoms with Crippen LogP contribution < -0.4 is 11.1 Å². The Balaban J connectivity index is 0.000000134. The molecular formula is C54H72N12O6S2Si. The molecule has 2 aliphatic heterocycles. The molecule has 75 heavy (non-hydrogen) atoms. The molecule has 1 amide bonds. The highest BCUT2D eigenvalue weighted by Crippen LogP contribution is 2.60. The molecule has 0 aromatic carbocycles. The Kier molecular flexibility index (Phi) is 15.3. The number of pyridine rings is 2. The third-order valence-electron chi connectivity index (χ3n) is 16.7. The number of amides is 1. The van der Waals surface area contributed by atoms with Crippen LogP contribution in [0.5, 0.6) is 0 Å². The fourth-order valence-corrected chi connectivity index (χ4v) is 15.4. The monoisotopic (exact) mass is 1080 g/mol. The van der Waals surface area contributed by atoms with Gasteiger partial charge < -0.3 is 20.9 Å². The third kappa shape index (κ3) is 12.2. The van der Waals surface area contributed by atoms with Gasteiger partial charge in [0.1, 0.15) is 6.73 Å². The quantitative estimate of drug-likeness (QED) is 0.0603. The number of nitrogen functional groups attached to an aromatic ring is 1. The van der Waals surface area contributed by atoms with Crippen molar-refractivity contribution in [3.63, 3.8) is 0 Å². The molecule has 0 spiro atoms. The summed E-state index contributed by atoms with van der Waals surface area (Å²) in [5.41, 5.74) is 15.0. The topological polar surface area (TPSA) is 244 Å². The first-order valence-corrected chi connectivity index (χ1v) is 33.2. The van der Waals surface area contributed by atoms with Gasteiger partial charge in [0.05, 0.1) is 35.9 Å². The van der Waals surface area contributed by atoms with E-state index >= 15 is 0 Å². The van der Waals surface area contributed by atoms with Gasteiger partial charge in [0, 0.05) is 119 Å². The number of aromatic amines is 1. The smallest absolute Gasteiger partial charge is 0.356 e. The van der Waals surface area contributed by atoms with Crippen molar-refractivity contribution in [1.82, 2.24) is 49.5 Å². The van der Waals surface area contributed by atoms with Crippen LogP contribution >= 0.6 is 0 Å². The third-order valence-corrected chi connectivity index (χ3v) is 21.2. The van der Waals surface area contributed by atoms with Crippen LogP contribution in [0, 0.1) is 34.5 Å². The first-order chi connectivity index (χ1) is 35.9. The standard InChI is InChI=1S/C24H28N6O2S.C16H26N2O3Si.C14H18N4OS/c1-24-10-17(24)9-19-20(11-24)28-29-21(19)23(31)27-18-13-26-30(14-18)22(16-3-2-6-25-12-16)15-4-7-33(32)8-5-15;1-16-8-11(16)7-12-13(9-16)18(17-14(12)15(19)20)10-21-5-6-22(2,3)4;15-13-9-17-18(10-13)14(12-2-1-5-16-8-12)11-3-6-20(19)7-4-11/h2-3,6,12-15,17,22H,4-5,7-11H2,1H3,(H,27,31)(H,28,29);11H,5-10H2,1-4H3,(H,19,20);1-2,5,8-11,14H,3-4,6-7,15H2. The van der Waals surface area contributed by atoms with Gasteiger partial charge in [-0.05, 0) is 128 Å². The van der Waals surface area contributed by atoms with E-state index in [0.29, 0.717) is 58.3 Å². The lowest BCUT2D eigenvalue weighted by atomic mass is 9.87. The van der Waals surface area contributed by atoms with E-state index in [1.165, 1.54) is 12.8 Å². The van der Waals surface area contributed by atoms with Crippen LogP contribution in [0.2, 0.25) is 25.7 Å². The summed E-state index contributed by atoms with van der Waals surface area (Å²) in [6.45, 7) is 12.7. The fraction of sp³-hybridized carbons (Fsp3) is 0.556. The molecule has 12 rings (SSSR count). The van der Waals surface area contributed by atoms with E-state index < -0.39 is 35.6 Å². The van der Waals surface area contributed by atoms with Crippen LogP contribution in [-0.4, -0.2) is 113 Å². The number of nitrogens with zero attached hydrogens (tertiary/aromatic N) is 9. The number of carbonyl (C=O) groups is 2. The fourth-order valence-electron chi connectivity index (χ4n) is 12.0. The number of fused-ring (bicyclic) bond motifs is 4. The van der Waals surface area contributed by atoms with E-state index in [4.69, 9.17) is 10.5 Å². The van der Waals surface area contributed by atoms with Crippen molar-refractivity contribution in [1.29, 1.82) is 0 Å². The minimum Gasteiger partial charge on any atom is -0.476 e. The normalized spacial score (nSPS) is 27.1. The van der Waals surface area contributed by atoms with Gasteiger partial charge in [0.15, 0.2) is 11.4 Å². The molecular weight excluding hydrogens is 1000 g/mol. The summed E-state index contributed by atoms with van der Waals surface area (Å²) >= 11 is 0. The SMILES string of the molecule is CC12Cc3[nH]nc(C(=O)Nc4cnn(C(c5cccnc5)C5CCS(=O)CC5)c4)c3CC1C2.CC12Cc3c(c(C(=O)O)nn3COCC[Si](C)(C)C)CC1C2.Nc1cnn(C(c2cccnc2)C2CCS(=O)CC2)c1. The summed E-state index contributed by atoms with van der Waals surface area (Å²) in [6.07, 6.45) is 24.2. The number of H-pyrrole nitrogens is 1. The molecule has 6 atom stereocenters. The van der Waals surface area contributed by atoms with Gasteiger partial charge in [-0.3, -0.25) is 37.6 Å². The molecule has 4 fully saturated rings. The molecule has 400 valence electrons. The number of hydrogen-bond donors (Lipinski definition) is 4. The summed E-state index contributed by atoms with van der Waals surface area (Å²) < 4.78 is 34.9. The second-order valence-electron chi connectivity index (χ2n) is 23.6. The van der Waals surface area contributed by atoms with Crippen LogP contribution in [0.25, 0.3) is 0 Å². The molecule has 2 saturated carbocycles. The number of carbonyl (C=O) groups excluding carboxylic acids is 1. The number of ether oxygens (including phenoxy) is 1. The van der Waals surface area contributed by atoms with E-state index in [9.17, 15) is 23.1 Å². The van der Waals surface area contributed by atoms with Crippen molar-refractivity contribution in [3.05, 3.63) is 119 Å². The molecule has 6 unspecified atom stereocenters. The van der Waals surface area contributed by atoms with Crippen molar-refractivity contribution < 1.29 is 27.9 Å². The molecule has 0 bridgehead atoms. The second-order valence-corrected chi connectivity index (χ2v) is 32.6. The lowest BCUT2D eigenvalue weighted by molar-refractivity contribution is 0.0667. The summed E-state index contributed by atoms with van der Waals surface area (Å²) in [5, 5.41) is 33.1. The number of anilines is 2. The molecule has 6 aliphatic rings. The predicted octanol–water partition coefficient (Wildman–Crippen LogP) is 7.75. The van der Waals surface area contributed by atoms with Gasteiger partial charge in [-0.1, -0.05) is 45.6 Å². The van der Waals surface area contributed by atoms with E-state index in [0.717, 1.165) is 121 Å². The summed E-state index contributed by atoms with van der Waals surface area (Å²) in [4.78, 5) is 33.0. The molecule has 18 nitrogen and oxygen atoms in total. The van der Waals surface area contributed by atoms with Crippen molar-refractivity contribution in [2.24, 2.45) is 34.5 Å². The molecule has 21 heteroatoms. The minimum absolute atomic E-state index is 0.00709. The number of aromatic carboxylic acids is 1. The van der Waals surface area contributed by atoms with Crippen LogP contribution in [0.15, 0.2) is 73.8 Å². The van der Waals surface area contributed by atoms with E-state index in [1.54, 1.807) is 29.5 Å². The first-order valence-electron chi connectivity index (χ1n) is 26.5. The molecule has 5 N–H and O–H groups in total. The first kappa shape index (κ1) is 52.8. The van der Waals surface area contributed by atoms with E-state index in [2.05, 4.69) is 86.4 Å². The van der Waals surface area contributed by atoms with Crippen molar-refractivity contribution in [2.75, 3.05) is 40.7 Å². The van der Waals surface area contributed by atoms with Gasteiger partial charge in [-0.2, -0.15) is 20.4 Å². The van der Waals surface area contributed by atoms with Crippen LogP contribution in [0.4, 0.5) is 11.4 Å². The number of nitrogens with two attached hydrogens (primary N) is 1. The summed E-state index contributed by atoms with van der Waals surface area (Å²) in [5.74, 6) is 3.94. The van der Waals surface area contributed by atoms with Gasteiger partial charge in [0.25, 0.3) is 5.91 Å². The Labute approximate surface area is 444 Å². The maximum atomic E-state index is 13.1. The Morgan fingerprint density at radius 3 is 1.95 bits per heavy atom. The summed E-state index contributed by atoms with van der Waals surface area (Å²) in [6, 6.07) is 9.23. The Morgan fingerprint density at radius 2 is 1.40 bits per heavy atom. The van der Waals surface area contributed by atoms with Gasteiger partial charge in [-0.15, -0.1) is 0 Å². The predicted molar refractivity (Wildman–Crippen MR) is 292 cm³/mol. The zero-order valence-electron chi connectivity index (χ0n) is 43.8. The van der Waals surface area contributed by atoms with E-state index in [-0.39, 0.29) is 23.7 Å². The van der Waals surface area contributed by atoms with E-state index in [1.807, 2.05) is 46.3 Å². The lowest BCUT2D eigenvalue weighted by Crippen LogP contribution is -2.28. The molecule has 0 radical (unpaired) electrons. The molecule has 6 aromatic heterocycles. The molecule has 6 aromatic rings. The maximum Gasteiger partial charge on any atom is 0.356 e. The van der Waals surface area contributed by atoms with Gasteiger partial charge in [0.2, 0.25) is 0 Å². The number of aromatic nitrogens is 10. The zero-order valence-corrected chi connectivity index (χ0v) is 46.5. The van der Waals surface area contributed by atoms with Gasteiger partial charge >= 0.3 is 5.97 Å². The Morgan fingerprint density at radius 1 is 0.827 bits per heavy atom. The van der Waals surface area contributed by atoms with Crippen molar-refractivity contribution >= 4 is 52.9 Å². The highest BCUT2D eigenvalue weighted by molar-refractivity contribution is 7.85. The number of hydrogen-bond acceptors (Lipinski definition) is 12. The number of carboxylic acids is 1. The molecule has 4 aliphatic carbocycles. The van der Waals surface area contributed by atoms with Crippen molar-refractivity contribution in [2.45, 2.75) is 123 Å². The Bertz CT molecular complexity index is 3030. The van der Waals surface area contributed by atoms with Crippen molar-refractivity contribution in [3.8, 4) is 0 Å². The molecule has 2 saturated heterocycles. The van der Waals surface area contributed by atoms with Crippen LogP contribution in [0.1, 0.15) is 119 Å². The minimum atomic E-state index is -1.10. The average molecular weight is 1080 g/mol. The number of nitrogens with one attached hydrogen (secondary N) is 2. The lowest BCUT2D eigenvalue weighted by Gasteiger charge is -2.30. The Hall–Kier alpha value is -5.64. The van der Waals surface area contributed by atoms with Gasteiger partial charge in [-0.25, -0.2) is 9.48 Å². The highest BCUT2D eigenvalue weighted by Gasteiger charge is 2.55. The van der Waals surface area contributed by atoms with Crippen LogP contribution in [0.3, 0.4) is 0 Å². The average Bonchev–Trinajstić information content (AvgIpc) is 3.76. The molecule has 8 heterocycles. The number of carboxylic acid groups (broad SMARTS) is 1. The summed E-state index contributed by atoms with van der Waals surface area (Å²) in [7, 11) is -2.48. The largest absolute Gasteiger partial charge is 0.476 e.